The Kier molecular flexibility index (Phi) is 8.38. The Labute approximate surface area is 204 Å². The van der Waals surface area contributed by atoms with Crippen LogP contribution in [-0.2, 0) is 9.53 Å². The van der Waals surface area contributed by atoms with Crippen molar-refractivity contribution in [2.24, 2.45) is 5.92 Å². The van der Waals surface area contributed by atoms with Crippen molar-refractivity contribution in [3.8, 4) is 0 Å². The van der Waals surface area contributed by atoms with E-state index in [0.29, 0.717) is 24.0 Å². The molecule has 2 aromatic rings. The summed E-state index contributed by atoms with van der Waals surface area (Å²) in [6, 6.07) is 11.5. The number of hydrogen-bond acceptors (Lipinski definition) is 4. The van der Waals surface area contributed by atoms with Crippen LogP contribution in [0.5, 0.6) is 0 Å². The van der Waals surface area contributed by atoms with E-state index in [2.05, 4.69) is 5.32 Å². The summed E-state index contributed by atoms with van der Waals surface area (Å²) < 4.78 is 4.71. The van der Waals surface area contributed by atoms with E-state index in [9.17, 15) is 14.4 Å². The van der Waals surface area contributed by atoms with Crippen molar-refractivity contribution in [2.75, 3.05) is 20.2 Å². The van der Waals surface area contributed by atoms with Crippen LogP contribution in [0.25, 0.3) is 0 Å². The van der Waals surface area contributed by atoms with Gasteiger partial charge in [-0.05, 0) is 60.6 Å². The molecule has 0 unspecified atom stereocenters. The molecule has 2 aromatic carbocycles. The van der Waals surface area contributed by atoms with Crippen LogP contribution in [0, 0.1) is 5.92 Å². The van der Waals surface area contributed by atoms with E-state index < -0.39 is 17.9 Å². The molecule has 0 spiro atoms. The molecule has 1 N–H and O–H groups in total. The summed E-state index contributed by atoms with van der Waals surface area (Å²) in [4.78, 5) is 39.9. The summed E-state index contributed by atoms with van der Waals surface area (Å²) in [5.74, 6) is -0.906. The number of carbonyl (C=O) groups is 3. The van der Waals surface area contributed by atoms with Crippen LogP contribution < -0.4 is 5.32 Å². The van der Waals surface area contributed by atoms with Crippen molar-refractivity contribution in [1.82, 2.24) is 10.2 Å². The number of nitrogens with one attached hydrogen (secondary N) is 1. The Balaban J connectivity index is 1.67. The molecule has 1 atom stereocenters. The standard InChI is InChI=1S/C25H28Cl2N2O4/c1-15(2)22(28-23(30)18-12-19(25(32)33-3)14-21(27)13-18)24(31)29-10-8-17(9-11-29)16-4-6-20(26)7-5-16/h4-7,12-15,17,22H,8-11H2,1-3H3,(H,28,30)/t22-/m1/s1. The van der Waals surface area contributed by atoms with Gasteiger partial charge in [0, 0.05) is 28.7 Å². The minimum absolute atomic E-state index is 0.108. The average Bonchev–Trinajstić information content (AvgIpc) is 2.81. The van der Waals surface area contributed by atoms with Gasteiger partial charge in [-0.15, -0.1) is 0 Å². The van der Waals surface area contributed by atoms with Crippen LogP contribution in [0.15, 0.2) is 42.5 Å². The predicted molar refractivity (Wildman–Crippen MR) is 129 cm³/mol. The minimum atomic E-state index is -0.690. The molecule has 1 heterocycles. The van der Waals surface area contributed by atoms with Crippen molar-refractivity contribution in [3.05, 3.63) is 69.2 Å². The molecular formula is C25H28Cl2N2O4. The summed E-state index contributed by atoms with van der Waals surface area (Å²) in [5.41, 5.74) is 1.59. The van der Waals surface area contributed by atoms with Gasteiger partial charge in [-0.25, -0.2) is 4.79 Å². The van der Waals surface area contributed by atoms with Gasteiger partial charge in [0.05, 0.1) is 12.7 Å². The van der Waals surface area contributed by atoms with E-state index in [-0.39, 0.29) is 28.0 Å². The van der Waals surface area contributed by atoms with E-state index in [1.165, 1.54) is 30.9 Å². The van der Waals surface area contributed by atoms with Crippen LogP contribution >= 0.6 is 23.2 Å². The quantitative estimate of drug-likeness (QED) is 0.581. The largest absolute Gasteiger partial charge is 0.465 e. The SMILES string of the molecule is COC(=O)c1cc(Cl)cc(C(=O)N[C@@H](C(=O)N2CCC(c3ccc(Cl)cc3)CC2)C(C)C)c1. The number of benzene rings is 2. The van der Waals surface area contributed by atoms with E-state index in [1.807, 2.05) is 43.0 Å². The Morgan fingerprint density at radius 3 is 2.15 bits per heavy atom. The smallest absolute Gasteiger partial charge is 0.337 e. The maximum atomic E-state index is 13.3. The Morgan fingerprint density at radius 1 is 0.970 bits per heavy atom. The fraction of sp³-hybridized carbons (Fsp3) is 0.400. The van der Waals surface area contributed by atoms with Crippen molar-refractivity contribution in [1.29, 1.82) is 0 Å². The van der Waals surface area contributed by atoms with Crippen molar-refractivity contribution in [3.63, 3.8) is 0 Å². The topological polar surface area (TPSA) is 75.7 Å². The molecule has 0 radical (unpaired) electrons. The number of amides is 2. The summed E-state index contributed by atoms with van der Waals surface area (Å²) >= 11 is 12.1. The van der Waals surface area contributed by atoms with Gasteiger partial charge in [0.1, 0.15) is 6.04 Å². The molecule has 1 aliphatic heterocycles. The van der Waals surface area contributed by atoms with E-state index in [1.54, 1.807) is 0 Å². The number of esters is 1. The molecular weight excluding hydrogens is 463 g/mol. The minimum Gasteiger partial charge on any atom is -0.465 e. The highest BCUT2D eigenvalue weighted by Gasteiger charge is 2.32. The third-order valence-corrected chi connectivity index (χ3v) is 6.42. The second kappa shape index (κ2) is 11.0. The number of likely N-dealkylation sites (tertiary alicyclic amines) is 1. The van der Waals surface area contributed by atoms with Gasteiger partial charge in [-0.2, -0.15) is 0 Å². The highest BCUT2D eigenvalue weighted by Crippen LogP contribution is 2.29. The number of hydrogen-bond donors (Lipinski definition) is 1. The zero-order valence-corrected chi connectivity index (χ0v) is 20.4. The van der Waals surface area contributed by atoms with Crippen molar-refractivity contribution >= 4 is 41.0 Å². The lowest BCUT2D eigenvalue weighted by Crippen LogP contribution is -2.52. The molecule has 0 aromatic heterocycles. The summed E-state index contributed by atoms with van der Waals surface area (Å²) in [6.07, 6.45) is 1.70. The molecule has 0 bridgehead atoms. The molecule has 176 valence electrons. The lowest BCUT2D eigenvalue weighted by molar-refractivity contribution is -0.135. The van der Waals surface area contributed by atoms with E-state index in [4.69, 9.17) is 27.9 Å². The number of rotatable bonds is 6. The van der Waals surface area contributed by atoms with Gasteiger partial charge >= 0.3 is 5.97 Å². The zero-order chi connectivity index (χ0) is 24.1. The summed E-state index contributed by atoms with van der Waals surface area (Å²) in [5, 5.41) is 3.78. The molecule has 33 heavy (non-hydrogen) atoms. The number of methoxy groups -OCH3 is 1. The monoisotopic (exact) mass is 490 g/mol. The zero-order valence-electron chi connectivity index (χ0n) is 18.9. The Morgan fingerprint density at radius 2 is 1.58 bits per heavy atom. The second-order valence-electron chi connectivity index (χ2n) is 8.57. The molecule has 6 nitrogen and oxygen atoms in total. The van der Waals surface area contributed by atoms with E-state index in [0.717, 1.165) is 12.8 Å². The fourth-order valence-electron chi connectivity index (χ4n) is 4.06. The van der Waals surface area contributed by atoms with Crippen LogP contribution in [0.3, 0.4) is 0 Å². The van der Waals surface area contributed by atoms with Gasteiger partial charge in [0.2, 0.25) is 5.91 Å². The number of halogens is 2. The first kappa shape index (κ1) is 25.1. The molecule has 1 saturated heterocycles. The number of piperidine rings is 1. The Bertz CT molecular complexity index is 1020. The highest BCUT2D eigenvalue weighted by molar-refractivity contribution is 6.31. The predicted octanol–water partition coefficient (Wildman–Crippen LogP) is 4.94. The number of ether oxygens (including phenoxy) is 1. The van der Waals surface area contributed by atoms with E-state index >= 15 is 0 Å². The third kappa shape index (κ3) is 6.27. The molecule has 2 amide bonds. The number of carbonyl (C=O) groups excluding carboxylic acids is 3. The lowest BCUT2D eigenvalue weighted by atomic mass is 9.89. The van der Waals surface area contributed by atoms with Crippen molar-refractivity contribution < 1.29 is 19.1 Å². The molecule has 1 aliphatic rings. The summed E-state index contributed by atoms with van der Waals surface area (Å²) in [7, 11) is 1.26. The van der Waals surface area contributed by atoms with Gasteiger partial charge in [-0.3, -0.25) is 9.59 Å². The molecule has 0 aliphatic carbocycles. The van der Waals surface area contributed by atoms with Gasteiger partial charge in [-0.1, -0.05) is 49.2 Å². The molecule has 1 fully saturated rings. The number of nitrogens with zero attached hydrogens (tertiary/aromatic N) is 1. The Hall–Kier alpha value is -2.57. The van der Waals surface area contributed by atoms with Crippen molar-refractivity contribution in [2.45, 2.75) is 38.6 Å². The fourth-order valence-corrected chi connectivity index (χ4v) is 4.42. The van der Waals surface area contributed by atoms with Gasteiger partial charge in [0.25, 0.3) is 5.91 Å². The summed E-state index contributed by atoms with van der Waals surface area (Å²) in [6.45, 7) is 5.02. The van der Waals surface area contributed by atoms with Crippen LogP contribution in [0.2, 0.25) is 10.0 Å². The maximum Gasteiger partial charge on any atom is 0.337 e. The second-order valence-corrected chi connectivity index (χ2v) is 9.44. The van der Waals surface area contributed by atoms with Gasteiger partial charge < -0.3 is 15.0 Å². The maximum absolute atomic E-state index is 13.3. The highest BCUT2D eigenvalue weighted by atomic mass is 35.5. The van der Waals surface area contributed by atoms with Gasteiger partial charge in [0.15, 0.2) is 0 Å². The third-order valence-electron chi connectivity index (χ3n) is 5.95. The normalized spacial score (nSPS) is 15.3. The lowest BCUT2D eigenvalue weighted by Gasteiger charge is -2.35. The first-order valence-electron chi connectivity index (χ1n) is 10.9. The van der Waals surface area contributed by atoms with Crippen LogP contribution in [0.4, 0.5) is 0 Å². The first-order chi connectivity index (χ1) is 15.7. The van der Waals surface area contributed by atoms with Crippen LogP contribution in [0.1, 0.15) is 58.9 Å². The first-order valence-corrected chi connectivity index (χ1v) is 11.7. The molecule has 3 rings (SSSR count). The molecule has 0 saturated carbocycles. The van der Waals surface area contributed by atoms with Crippen LogP contribution in [-0.4, -0.2) is 48.9 Å². The molecule has 8 heteroatoms. The average molecular weight is 491 g/mol.